The van der Waals surface area contributed by atoms with Crippen molar-refractivity contribution in [2.45, 2.75) is 39.3 Å². The summed E-state index contributed by atoms with van der Waals surface area (Å²) in [5.41, 5.74) is -0.537. The van der Waals surface area contributed by atoms with Crippen LogP contribution in [0.15, 0.2) is 0 Å². The fraction of sp³-hybridized carbons (Fsp3) is 0.800. The molecule has 0 radical (unpaired) electrons. The quantitative estimate of drug-likeness (QED) is 0.716. The average molecular weight is 215 g/mol. The first-order valence-corrected chi connectivity index (χ1v) is 4.95. The lowest BCUT2D eigenvalue weighted by Gasteiger charge is -2.43. The lowest BCUT2D eigenvalue weighted by Crippen LogP contribution is -2.60. The summed E-state index contributed by atoms with van der Waals surface area (Å²) >= 11 is 0. The molecule has 15 heavy (non-hydrogen) atoms. The highest BCUT2D eigenvalue weighted by Crippen LogP contribution is 2.26. The van der Waals surface area contributed by atoms with E-state index >= 15 is 0 Å². The van der Waals surface area contributed by atoms with Gasteiger partial charge in [-0.05, 0) is 27.7 Å². The van der Waals surface area contributed by atoms with E-state index < -0.39 is 23.6 Å². The fourth-order valence-corrected chi connectivity index (χ4v) is 1.46. The first-order valence-electron chi connectivity index (χ1n) is 4.95. The molecule has 86 valence electrons. The molecule has 0 saturated carbocycles. The maximum atomic E-state index is 11.5. The van der Waals surface area contributed by atoms with Crippen molar-refractivity contribution >= 4 is 12.1 Å². The Morgan fingerprint density at radius 1 is 1.40 bits per heavy atom. The van der Waals surface area contributed by atoms with Gasteiger partial charge < -0.3 is 14.7 Å². The van der Waals surface area contributed by atoms with Crippen molar-refractivity contribution in [2.75, 3.05) is 6.54 Å². The highest BCUT2D eigenvalue weighted by Gasteiger charge is 2.44. The normalized spacial score (nSPS) is 25.7. The van der Waals surface area contributed by atoms with E-state index in [-0.39, 0.29) is 12.6 Å². The Bertz CT molecular complexity index is 282. The zero-order chi connectivity index (χ0) is 11.8. The molecule has 0 bridgehead atoms. The van der Waals surface area contributed by atoms with Crippen molar-refractivity contribution in [3.8, 4) is 0 Å². The van der Waals surface area contributed by atoms with Gasteiger partial charge in [0.1, 0.15) is 5.60 Å². The molecule has 5 heteroatoms. The molecule has 2 atom stereocenters. The molecule has 0 aromatic carbocycles. The van der Waals surface area contributed by atoms with Gasteiger partial charge in [-0.3, -0.25) is 4.79 Å². The molecule has 0 aromatic rings. The van der Waals surface area contributed by atoms with Gasteiger partial charge in [0.25, 0.3) is 0 Å². The van der Waals surface area contributed by atoms with E-state index in [2.05, 4.69) is 0 Å². The smallest absolute Gasteiger partial charge is 0.410 e. The Morgan fingerprint density at radius 3 is 2.27 bits per heavy atom. The molecule has 0 aliphatic carbocycles. The van der Waals surface area contributed by atoms with Crippen LogP contribution in [0.2, 0.25) is 0 Å². The Kier molecular flexibility index (Phi) is 2.93. The number of carbonyl (C=O) groups is 2. The Morgan fingerprint density at radius 2 is 1.93 bits per heavy atom. The van der Waals surface area contributed by atoms with Gasteiger partial charge in [0.2, 0.25) is 0 Å². The van der Waals surface area contributed by atoms with Gasteiger partial charge in [-0.1, -0.05) is 0 Å². The summed E-state index contributed by atoms with van der Waals surface area (Å²) in [4.78, 5) is 23.6. The van der Waals surface area contributed by atoms with Crippen molar-refractivity contribution in [1.29, 1.82) is 0 Å². The maximum absolute atomic E-state index is 11.5. The lowest BCUT2D eigenvalue weighted by atomic mass is 9.91. The number of ether oxygens (including phenoxy) is 1. The predicted molar refractivity (Wildman–Crippen MR) is 53.5 cm³/mol. The molecular weight excluding hydrogens is 198 g/mol. The Hall–Kier alpha value is -1.26. The minimum atomic E-state index is -0.859. The first kappa shape index (κ1) is 11.8. The zero-order valence-electron chi connectivity index (χ0n) is 9.48. The summed E-state index contributed by atoms with van der Waals surface area (Å²) in [6.07, 6.45) is -0.438. The number of hydrogen-bond acceptors (Lipinski definition) is 3. The molecule has 1 rings (SSSR count). The van der Waals surface area contributed by atoms with Crippen LogP contribution in [-0.4, -0.2) is 40.3 Å². The Labute approximate surface area is 89.0 Å². The molecule has 1 heterocycles. The summed E-state index contributed by atoms with van der Waals surface area (Å²) in [7, 11) is 0. The van der Waals surface area contributed by atoms with E-state index in [0.29, 0.717) is 0 Å². The van der Waals surface area contributed by atoms with Gasteiger partial charge in [0, 0.05) is 12.6 Å². The SMILES string of the molecule is C[C@@H]1C(C(=O)O)CN1C(=O)OC(C)(C)C. The summed E-state index contributed by atoms with van der Waals surface area (Å²) in [6, 6.07) is -0.280. The average Bonchev–Trinajstić information content (AvgIpc) is 1.97. The number of aliphatic carboxylic acids is 1. The molecule has 1 aliphatic heterocycles. The largest absolute Gasteiger partial charge is 0.481 e. The molecular formula is C10H17NO4. The number of amides is 1. The third-order valence-electron chi connectivity index (χ3n) is 2.41. The van der Waals surface area contributed by atoms with Crippen LogP contribution < -0.4 is 0 Å². The lowest BCUT2D eigenvalue weighted by molar-refractivity contribution is -0.150. The van der Waals surface area contributed by atoms with Crippen LogP contribution in [0.4, 0.5) is 4.79 Å². The van der Waals surface area contributed by atoms with Gasteiger partial charge in [-0.25, -0.2) is 4.79 Å². The number of nitrogens with zero attached hydrogens (tertiary/aromatic N) is 1. The van der Waals surface area contributed by atoms with Gasteiger partial charge in [-0.2, -0.15) is 0 Å². The minimum Gasteiger partial charge on any atom is -0.481 e. The topological polar surface area (TPSA) is 66.8 Å². The zero-order valence-corrected chi connectivity index (χ0v) is 9.48. The van der Waals surface area contributed by atoms with Gasteiger partial charge >= 0.3 is 12.1 Å². The summed E-state index contributed by atoms with van der Waals surface area (Å²) in [5.74, 6) is -1.32. The second kappa shape index (κ2) is 3.72. The molecule has 5 nitrogen and oxygen atoms in total. The van der Waals surface area contributed by atoms with E-state index in [1.165, 1.54) is 4.90 Å². The van der Waals surface area contributed by atoms with E-state index in [1.807, 2.05) is 0 Å². The van der Waals surface area contributed by atoms with Crippen LogP contribution >= 0.6 is 0 Å². The van der Waals surface area contributed by atoms with Crippen LogP contribution in [0.5, 0.6) is 0 Å². The highest BCUT2D eigenvalue weighted by atomic mass is 16.6. The monoisotopic (exact) mass is 215 g/mol. The van der Waals surface area contributed by atoms with E-state index in [9.17, 15) is 9.59 Å². The van der Waals surface area contributed by atoms with Crippen molar-refractivity contribution in [3.63, 3.8) is 0 Å². The standard InChI is InChI=1S/C10H17NO4/c1-6-7(8(12)13)5-11(6)9(14)15-10(2,3)4/h6-7H,5H2,1-4H3,(H,12,13)/t6-,7?/m1/s1. The molecule has 1 aliphatic rings. The van der Waals surface area contributed by atoms with Crippen molar-refractivity contribution < 1.29 is 19.4 Å². The van der Waals surface area contributed by atoms with Crippen molar-refractivity contribution in [3.05, 3.63) is 0 Å². The predicted octanol–water partition coefficient (Wildman–Crippen LogP) is 1.33. The maximum Gasteiger partial charge on any atom is 0.410 e. The van der Waals surface area contributed by atoms with Crippen molar-refractivity contribution in [2.24, 2.45) is 5.92 Å². The molecule has 1 unspecified atom stereocenters. The number of carbonyl (C=O) groups excluding carboxylic acids is 1. The first-order chi connectivity index (χ1) is 6.72. The number of hydrogen-bond donors (Lipinski definition) is 1. The summed E-state index contributed by atoms with van der Waals surface area (Å²) in [6.45, 7) is 7.30. The fourth-order valence-electron chi connectivity index (χ4n) is 1.46. The molecule has 1 N–H and O–H groups in total. The van der Waals surface area contributed by atoms with E-state index in [0.717, 1.165) is 0 Å². The highest BCUT2D eigenvalue weighted by molar-refractivity contribution is 5.77. The van der Waals surface area contributed by atoms with E-state index in [4.69, 9.17) is 9.84 Å². The van der Waals surface area contributed by atoms with Gasteiger partial charge in [0.05, 0.1) is 5.92 Å². The number of likely N-dealkylation sites (tertiary alicyclic amines) is 1. The number of rotatable bonds is 1. The third kappa shape index (κ3) is 2.61. The van der Waals surface area contributed by atoms with Crippen LogP contribution in [-0.2, 0) is 9.53 Å². The second-order valence-electron chi connectivity index (χ2n) is 4.82. The van der Waals surface area contributed by atoms with Crippen molar-refractivity contribution in [1.82, 2.24) is 4.90 Å². The van der Waals surface area contributed by atoms with Crippen LogP contribution in [0.25, 0.3) is 0 Å². The molecule has 1 amide bonds. The van der Waals surface area contributed by atoms with Gasteiger partial charge in [0.15, 0.2) is 0 Å². The van der Waals surface area contributed by atoms with Crippen LogP contribution in [0.1, 0.15) is 27.7 Å². The number of carboxylic acids is 1. The minimum absolute atomic E-state index is 0.241. The Balaban J connectivity index is 2.49. The molecule has 0 spiro atoms. The molecule has 1 fully saturated rings. The van der Waals surface area contributed by atoms with Crippen LogP contribution in [0, 0.1) is 5.92 Å². The third-order valence-corrected chi connectivity index (χ3v) is 2.41. The summed E-state index contributed by atoms with van der Waals surface area (Å²) in [5, 5.41) is 8.76. The van der Waals surface area contributed by atoms with E-state index in [1.54, 1.807) is 27.7 Å². The van der Waals surface area contributed by atoms with Gasteiger partial charge in [-0.15, -0.1) is 0 Å². The summed E-state index contributed by atoms with van der Waals surface area (Å²) < 4.78 is 5.13. The molecule has 0 aromatic heterocycles. The second-order valence-corrected chi connectivity index (χ2v) is 4.82. The number of carboxylic acid groups (broad SMARTS) is 1. The van der Waals surface area contributed by atoms with Crippen LogP contribution in [0.3, 0.4) is 0 Å². The molecule has 1 saturated heterocycles.